The summed E-state index contributed by atoms with van der Waals surface area (Å²) in [5.74, 6) is -0.409. The van der Waals surface area contributed by atoms with Gasteiger partial charge in [-0.2, -0.15) is 0 Å². The van der Waals surface area contributed by atoms with Crippen molar-refractivity contribution in [1.82, 2.24) is 5.32 Å². The van der Waals surface area contributed by atoms with E-state index < -0.39 is 18.8 Å². The summed E-state index contributed by atoms with van der Waals surface area (Å²) in [5.41, 5.74) is 5.27. The highest BCUT2D eigenvalue weighted by atomic mass is 19.1. The molecule has 0 saturated heterocycles. The third kappa shape index (κ3) is 5.54. The van der Waals surface area contributed by atoms with E-state index in [1.165, 1.54) is 0 Å². The monoisotopic (exact) mass is 192 g/mol. The number of hydrogen-bond acceptors (Lipinski definition) is 4. The smallest absolute Gasteiger partial charge is 0.323 e. The first-order chi connectivity index (χ1) is 6.26. The summed E-state index contributed by atoms with van der Waals surface area (Å²) in [4.78, 5) is 11.1. The van der Waals surface area contributed by atoms with Gasteiger partial charge >= 0.3 is 5.97 Å². The van der Waals surface area contributed by atoms with Gasteiger partial charge in [0.1, 0.15) is 12.8 Å². The molecule has 5 heteroatoms. The molecule has 0 aromatic carbocycles. The van der Waals surface area contributed by atoms with E-state index >= 15 is 0 Å². The molecule has 0 radical (unpaired) electrons. The Labute approximate surface area is 77.6 Å². The van der Waals surface area contributed by atoms with Crippen LogP contribution in [0.5, 0.6) is 0 Å². The van der Waals surface area contributed by atoms with Crippen molar-refractivity contribution in [2.24, 2.45) is 5.73 Å². The summed E-state index contributed by atoms with van der Waals surface area (Å²) in [6.07, 6.45) is 1.19. The van der Waals surface area contributed by atoms with E-state index in [2.05, 4.69) is 5.32 Å². The SMILES string of the molecule is CCOC(=O)C(CCCN)NCF. The molecule has 0 heterocycles. The molecule has 0 aromatic heterocycles. The number of halogens is 1. The molecule has 0 fully saturated rings. The van der Waals surface area contributed by atoms with E-state index in [-0.39, 0.29) is 0 Å². The number of ether oxygens (including phenoxy) is 1. The first-order valence-corrected chi connectivity index (χ1v) is 4.42. The third-order valence-electron chi connectivity index (χ3n) is 1.59. The molecule has 0 bridgehead atoms. The zero-order chi connectivity index (χ0) is 10.1. The van der Waals surface area contributed by atoms with E-state index in [4.69, 9.17) is 10.5 Å². The molecule has 0 aromatic rings. The molecular weight excluding hydrogens is 175 g/mol. The summed E-state index contributed by atoms with van der Waals surface area (Å²) in [6.45, 7) is 1.79. The second-order valence-corrected chi connectivity index (χ2v) is 2.57. The number of hydrogen-bond donors (Lipinski definition) is 2. The fourth-order valence-electron chi connectivity index (χ4n) is 0.961. The Hall–Kier alpha value is -0.680. The zero-order valence-electron chi connectivity index (χ0n) is 7.88. The lowest BCUT2D eigenvalue weighted by Gasteiger charge is -2.14. The molecule has 0 aliphatic carbocycles. The largest absolute Gasteiger partial charge is 0.465 e. The van der Waals surface area contributed by atoms with Gasteiger partial charge in [0.15, 0.2) is 0 Å². The van der Waals surface area contributed by atoms with Crippen molar-refractivity contribution in [2.75, 3.05) is 20.0 Å². The number of carbonyl (C=O) groups is 1. The summed E-state index contributed by atoms with van der Waals surface area (Å²) in [6, 6.07) is -0.562. The maximum atomic E-state index is 11.9. The molecule has 4 nitrogen and oxygen atoms in total. The zero-order valence-corrected chi connectivity index (χ0v) is 7.88. The van der Waals surface area contributed by atoms with E-state index in [9.17, 15) is 9.18 Å². The molecule has 0 amide bonds. The van der Waals surface area contributed by atoms with Gasteiger partial charge in [-0.05, 0) is 26.3 Å². The highest BCUT2D eigenvalue weighted by Gasteiger charge is 2.17. The number of rotatable bonds is 7. The van der Waals surface area contributed by atoms with Gasteiger partial charge in [-0.15, -0.1) is 0 Å². The fourth-order valence-corrected chi connectivity index (χ4v) is 0.961. The Morgan fingerprint density at radius 3 is 2.85 bits per heavy atom. The molecule has 0 aliphatic rings. The van der Waals surface area contributed by atoms with Gasteiger partial charge in [0.25, 0.3) is 0 Å². The van der Waals surface area contributed by atoms with E-state index in [0.717, 1.165) is 0 Å². The van der Waals surface area contributed by atoms with Gasteiger partial charge in [0, 0.05) is 0 Å². The second kappa shape index (κ2) is 7.94. The first kappa shape index (κ1) is 12.3. The Kier molecular flexibility index (Phi) is 7.53. The lowest BCUT2D eigenvalue weighted by Crippen LogP contribution is -2.38. The molecule has 1 unspecified atom stereocenters. The number of esters is 1. The molecule has 3 N–H and O–H groups in total. The van der Waals surface area contributed by atoms with Gasteiger partial charge < -0.3 is 10.5 Å². The molecule has 78 valence electrons. The van der Waals surface area contributed by atoms with Crippen LogP contribution in [0.2, 0.25) is 0 Å². The summed E-state index contributed by atoms with van der Waals surface area (Å²) in [7, 11) is 0. The summed E-state index contributed by atoms with van der Waals surface area (Å²) >= 11 is 0. The first-order valence-electron chi connectivity index (χ1n) is 4.42. The molecule has 13 heavy (non-hydrogen) atoms. The number of alkyl halides is 1. The quantitative estimate of drug-likeness (QED) is 0.446. The Balaban J connectivity index is 3.83. The topological polar surface area (TPSA) is 64.3 Å². The Bertz CT molecular complexity index is 144. The maximum absolute atomic E-state index is 11.9. The van der Waals surface area contributed by atoms with Crippen LogP contribution in [-0.2, 0) is 9.53 Å². The highest BCUT2D eigenvalue weighted by Crippen LogP contribution is 1.99. The molecule has 0 saturated carbocycles. The van der Waals surface area contributed by atoms with Crippen molar-refractivity contribution in [3.8, 4) is 0 Å². The normalized spacial score (nSPS) is 12.5. The van der Waals surface area contributed by atoms with E-state index in [1.54, 1.807) is 6.92 Å². The Morgan fingerprint density at radius 2 is 2.38 bits per heavy atom. The minimum atomic E-state index is -0.728. The minimum Gasteiger partial charge on any atom is -0.465 e. The predicted molar refractivity (Wildman–Crippen MR) is 47.8 cm³/mol. The van der Waals surface area contributed by atoms with Gasteiger partial charge in [0.05, 0.1) is 6.61 Å². The van der Waals surface area contributed by atoms with Crippen LogP contribution in [0.25, 0.3) is 0 Å². The highest BCUT2D eigenvalue weighted by molar-refractivity contribution is 5.75. The van der Waals surface area contributed by atoms with Crippen LogP contribution in [0, 0.1) is 0 Å². The van der Waals surface area contributed by atoms with Crippen LogP contribution in [0.1, 0.15) is 19.8 Å². The average molecular weight is 192 g/mol. The third-order valence-corrected chi connectivity index (χ3v) is 1.59. The van der Waals surface area contributed by atoms with Crippen molar-refractivity contribution >= 4 is 5.97 Å². The standard InChI is InChI=1S/C8H17FN2O2/c1-2-13-8(12)7(11-6-9)4-3-5-10/h7,11H,2-6,10H2,1H3. The van der Waals surface area contributed by atoms with Crippen LogP contribution in [-0.4, -0.2) is 32.0 Å². The van der Waals surface area contributed by atoms with Crippen molar-refractivity contribution in [2.45, 2.75) is 25.8 Å². The summed E-state index contributed by atoms with van der Waals surface area (Å²) in [5, 5.41) is 2.41. The van der Waals surface area contributed by atoms with Crippen molar-refractivity contribution in [1.29, 1.82) is 0 Å². The van der Waals surface area contributed by atoms with Crippen LogP contribution in [0.4, 0.5) is 4.39 Å². The van der Waals surface area contributed by atoms with Gasteiger partial charge in [-0.1, -0.05) is 0 Å². The summed E-state index contributed by atoms with van der Waals surface area (Å²) < 4.78 is 16.7. The van der Waals surface area contributed by atoms with Crippen LogP contribution >= 0.6 is 0 Å². The average Bonchev–Trinajstić information content (AvgIpc) is 2.12. The van der Waals surface area contributed by atoms with Gasteiger partial charge in [-0.3, -0.25) is 10.1 Å². The predicted octanol–water partition coefficient (Wildman–Crippen LogP) is 0.174. The van der Waals surface area contributed by atoms with Gasteiger partial charge in [0.2, 0.25) is 0 Å². The number of carbonyl (C=O) groups excluding carboxylic acids is 1. The van der Waals surface area contributed by atoms with Crippen molar-refractivity contribution in [3.63, 3.8) is 0 Å². The lowest BCUT2D eigenvalue weighted by molar-refractivity contribution is -0.146. The Morgan fingerprint density at radius 1 is 1.69 bits per heavy atom. The van der Waals surface area contributed by atoms with Crippen LogP contribution < -0.4 is 11.1 Å². The van der Waals surface area contributed by atoms with E-state index in [1.807, 2.05) is 0 Å². The number of nitrogens with two attached hydrogens (primary N) is 1. The number of nitrogens with one attached hydrogen (secondary N) is 1. The van der Waals surface area contributed by atoms with Crippen LogP contribution in [0.3, 0.4) is 0 Å². The molecule has 0 rings (SSSR count). The molecule has 0 spiro atoms. The van der Waals surface area contributed by atoms with E-state index in [0.29, 0.717) is 26.0 Å². The molecular formula is C8H17FN2O2. The van der Waals surface area contributed by atoms with Crippen molar-refractivity contribution < 1.29 is 13.9 Å². The fraction of sp³-hybridized carbons (Fsp3) is 0.875. The van der Waals surface area contributed by atoms with Gasteiger partial charge in [-0.25, -0.2) is 4.39 Å². The van der Waals surface area contributed by atoms with Crippen LogP contribution in [0.15, 0.2) is 0 Å². The minimum absolute atomic E-state index is 0.311. The molecule has 0 aliphatic heterocycles. The van der Waals surface area contributed by atoms with Crippen molar-refractivity contribution in [3.05, 3.63) is 0 Å². The second-order valence-electron chi connectivity index (χ2n) is 2.57. The lowest BCUT2D eigenvalue weighted by atomic mass is 10.1. The maximum Gasteiger partial charge on any atom is 0.323 e. The molecule has 1 atom stereocenters.